The van der Waals surface area contributed by atoms with E-state index < -0.39 is 58.1 Å². The first-order chi connectivity index (χ1) is 16.2. The number of nitrogens with one attached hydrogen (secondary N) is 2. The van der Waals surface area contributed by atoms with Gasteiger partial charge in [0.05, 0.1) is 16.7 Å². The number of aliphatic hydroxyl groups excluding tert-OH is 1. The van der Waals surface area contributed by atoms with E-state index in [2.05, 4.69) is 19.9 Å². The first-order valence-corrected chi connectivity index (χ1v) is 11.5. The third kappa shape index (κ3) is 6.50. The highest BCUT2D eigenvalue weighted by atomic mass is 35.5. The quantitative estimate of drug-likeness (QED) is 0.214. The molecule has 0 saturated carbocycles. The number of β-amino-alcohol motifs (C(OH)–C–C–N with tert-alkyl or cyclic N) is 1. The first kappa shape index (κ1) is 26.0. The highest BCUT2D eigenvalue weighted by Crippen LogP contribution is 2.32. The monoisotopic (exact) mass is 522 g/mol. The molecule has 0 spiro atoms. The Morgan fingerprint density at radius 1 is 1.29 bits per heavy atom. The minimum atomic E-state index is -1.56. The molecule has 1 aliphatic rings. The Balaban J connectivity index is 1.53. The van der Waals surface area contributed by atoms with E-state index >= 15 is 0 Å². The average Bonchev–Trinajstić information content (AvgIpc) is 3.37. The SMILES string of the molecule is O=C(NCCCCN1CCC(O)C1)Nc1snc(OCc2c(F)cc(Cl)c(F)c2F)c1C(=O)O. The molecule has 1 aromatic heterocycles. The highest BCUT2D eigenvalue weighted by Gasteiger charge is 2.25. The van der Waals surface area contributed by atoms with Gasteiger partial charge in [-0.05, 0) is 43.4 Å². The Hall–Kier alpha value is -2.61. The van der Waals surface area contributed by atoms with Crippen LogP contribution < -0.4 is 15.4 Å². The van der Waals surface area contributed by atoms with E-state index in [1.807, 2.05) is 0 Å². The Bertz CT molecular complexity index is 1060. The topological polar surface area (TPSA) is 124 Å². The van der Waals surface area contributed by atoms with Crippen molar-refractivity contribution in [2.24, 2.45) is 0 Å². The Morgan fingerprint density at radius 2 is 2.06 bits per heavy atom. The normalized spacial score (nSPS) is 16.0. The van der Waals surface area contributed by atoms with Crippen LogP contribution in [0.2, 0.25) is 5.02 Å². The fourth-order valence-electron chi connectivity index (χ4n) is 3.35. The number of hydrogen-bond acceptors (Lipinski definition) is 7. The minimum absolute atomic E-state index is 0.144. The van der Waals surface area contributed by atoms with E-state index in [9.17, 15) is 33.0 Å². The lowest BCUT2D eigenvalue weighted by Gasteiger charge is -2.14. The van der Waals surface area contributed by atoms with Crippen molar-refractivity contribution in [3.8, 4) is 5.88 Å². The minimum Gasteiger partial charge on any atom is -0.477 e. The van der Waals surface area contributed by atoms with Crippen molar-refractivity contribution >= 4 is 40.1 Å². The lowest BCUT2D eigenvalue weighted by Crippen LogP contribution is -2.30. The molecule has 1 saturated heterocycles. The van der Waals surface area contributed by atoms with Crippen LogP contribution in [0.4, 0.5) is 23.0 Å². The van der Waals surface area contributed by atoms with Crippen LogP contribution in [0.15, 0.2) is 6.07 Å². The molecule has 2 heterocycles. The van der Waals surface area contributed by atoms with Crippen molar-refractivity contribution in [1.82, 2.24) is 14.6 Å². The molecule has 9 nitrogen and oxygen atoms in total. The number of rotatable bonds is 10. The summed E-state index contributed by atoms with van der Waals surface area (Å²) in [5, 5.41) is 23.0. The van der Waals surface area contributed by atoms with E-state index in [4.69, 9.17) is 16.3 Å². The third-order valence-electron chi connectivity index (χ3n) is 5.10. The Labute approximate surface area is 201 Å². The van der Waals surface area contributed by atoms with Crippen molar-refractivity contribution in [3.63, 3.8) is 0 Å². The summed E-state index contributed by atoms with van der Waals surface area (Å²) in [4.78, 5) is 25.9. The van der Waals surface area contributed by atoms with E-state index in [-0.39, 0.29) is 11.1 Å². The van der Waals surface area contributed by atoms with Crippen molar-refractivity contribution < 1.29 is 37.7 Å². The summed E-state index contributed by atoms with van der Waals surface area (Å²) >= 11 is 5.98. The lowest BCUT2D eigenvalue weighted by molar-refractivity contribution is 0.0693. The number of nitrogens with zero attached hydrogens (tertiary/aromatic N) is 2. The number of likely N-dealkylation sites (tertiary alicyclic amines) is 1. The van der Waals surface area contributed by atoms with Gasteiger partial charge in [-0.15, -0.1) is 0 Å². The predicted molar refractivity (Wildman–Crippen MR) is 118 cm³/mol. The smallest absolute Gasteiger partial charge is 0.344 e. The molecule has 14 heteroatoms. The molecule has 0 radical (unpaired) electrons. The van der Waals surface area contributed by atoms with Gasteiger partial charge in [0, 0.05) is 19.6 Å². The highest BCUT2D eigenvalue weighted by molar-refractivity contribution is 7.11. The van der Waals surface area contributed by atoms with Crippen LogP contribution in [0.3, 0.4) is 0 Å². The second-order valence-electron chi connectivity index (χ2n) is 7.56. The van der Waals surface area contributed by atoms with Crippen molar-refractivity contribution in [2.45, 2.75) is 32.0 Å². The summed E-state index contributed by atoms with van der Waals surface area (Å²) in [6, 6.07) is -0.0879. The van der Waals surface area contributed by atoms with Gasteiger partial charge in [-0.3, -0.25) is 5.32 Å². The molecule has 2 aromatic rings. The summed E-state index contributed by atoms with van der Waals surface area (Å²) in [6.45, 7) is 1.78. The van der Waals surface area contributed by atoms with Gasteiger partial charge >= 0.3 is 12.0 Å². The van der Waals surface area contributed by atoms with Gasteiger partial charge in [0.15, 0.2) is 17.2 Å². The van der Waals surface area contributed by atoms with Gasteiger partial charge in [-0.25, -0.2) is 22.8 Å². The van der Waals surface area contributed by atoms with Crippen molar-refractivity contribution in [2.75, 3.05) is 31.5 Å². The molecule has 1 aromatic carbocycles. The fraction of sp³-hybridized carbons (Fsp3) is 0.450. The van der Waals surface area contributed by atoms with Crippen molar-refractivity contribution in [3.05, 3.63) is 39.7 Å². The number of ether oxygens (including phenoxy) is 1. The van der Waals surface area contributed by atoms with Gasteiger partial charge in [-0.2, -0.15) is 4.37 Å². The molecule has 3 rings (SSSR count). The predicted octanol–water partition coefficient (Wildman–Crippen LogP) is 3.46. The van der Waals surface area contributed by atoms with Gasteiger partial charge in [-0.1, -0.05) is 11.6 Å². The zero-order valence-electron chi connectivity index (χ0n) is 17.7. The summed E-state index contributed by atoms with van der Waals surface area (Å²) in [6.07, 6.45) is 1.96. The van der Waals surface area contributed by atoms with E-state index in [0.29, 0.717) is 37.1 Å². The third-order valence-corrected chi connectivity index (χ3v) is 6.12. The van der Waals surface area contributed by atoms with E-state index in [1.165, 1.54) is 0 Å². The number of carbonyl (C=O) groups excluding carboxylic acids is 1. The zero-order valence-corrected chi connectivity index (χ0v) is 19.3. The molecule has 2 amide bonds. The Kier molecular flexibility index (Phi) is 8.94. The van der Waals surface area contributed by atoms with Crippen molar-refractivity contribution in [1.29, 1.82) is 0 Å². The van der Waals surface area contributed by atoms with Crippen LogP contribution in [-0.2, 0) is 6.61 Å². The largest absolute Gasteiger partial charge is 0.477 e. The number of benzene rings is 1. The van der Waals surface area contributed by atoms with Crippen LogP contribution in [-0.4, -0.2) is 63.8 Å². The Morgan fingerprint density at radius 3 is 2.74 bits per heavy atom. The van der Waals surface area contributed by atoms with Crippen LogP contribution in [0, 0.1) is 17.5 Å². The lowest BCUT2D eigenvalue weighted by atomic mass is 10.2. The number of carbonyl (C=O) groups is 2. The van der Waals surface area contributed by atoms with Crippen LogP contribution in [0.1, 0.15) is 35.2 Å². The van der Waals surface area contributed by atoms with Gasteiger partial charge in [0.25, 0.3) is 0 Å². The first-order valence-electron chi connectivity index (χ1n) is 10.3. The summed E-state index contributed by atoms with van der Waals surface area (Å²) < 4.78 is 50.3. The van der Waals surface area contributed by atoms with E-state index in [1.54, 1.807) is 0 Å². The number of anilines is 1. The number of amides is 2. The van der Waals surface area contributed by atoms with Crippen LogP contribution in [0.25, 0.3) is 0 Å². The summed E-state index contributed by atoms with van der Waals surface area (Å²) in [5.74, 6) is -6.18. The summed E-state index contributed by atoms with van der Waals surface area (Å²) in [5.41, 5.74) is -1.30. The maximum Gasteiger partial charge on any atom is 0.344 e. The van der Waals surface area contributed by atoms with Gasteiger partial charge < -0.3 is 25.2 Å². The maximum absolute atomic E-state index is 13.9. The molecular formula is C20H22ClF3N4O5S. The number of urea groups is 1. The summed E-state index contributed by atoms with van der Waals surface area (Å²) in [7, 11) is 0. The van der Waals surface area contributed by atoms with Crippen LogP contribution >= 0.6 is 23.1 Å². The fourth-order valence-corrected chi connectivity index (χ4v) is 4.25. The number of hydrogen-bond donors (Lipinski definition) is 4. The molecule has 1 aliphatic heterocycles. The molecule has 4 N–H and O–H groups in total. The molecule has 1 fully saturated rings. The second-order valence-corrected chi connectivity index (χ2v) is 8.74. The van der Waals surface area contributed by atoms with Gasteiger partial charge in [0.1, 0.15) is 17.4 Å². The van der Waals surface area contributed by atoms with E-state index in [0.717, 1.165) is 25.9 Å². The zero-order chi connectivity index (χ0) is 24.8. The number of carboxylic acid groups (broad SMARTS) is 1. The molecule has 1 atom stereocenters. The van der Waals surface area contributed by atoms with Gasteiger partial charge in [0.2, 0.25) is 5.88 Å². The maximum atomic E-state index is 13.9. The average molecular weight is 523 g/mol. The number of unbranched alkanes of at least 4 members (excludes halogenated alkanes) is 1. The number of halogens is 4. The standard InChI is InChI=1S/C20H22ClF3N4O5S/c21-12-7-13(22)11(15(23)16(12)24)9-33-17-14(19(30)31)18(34-27-17)26-20(32)25-4-1-2-5-28-6-3-10(29)8-28/h7,10,29H,1-6,8-9H2,(H,30,31)(H2,25,26,32). The number of aliphatic hydroxyl groups is 1. The molecule has 1 unspecified atom stereocenters. The molecular weight excluding hydrogens is 501 g/mol. The second kappa shape index (κ2) is 11.7. The number of aromatic carboxylic acids is 1. The number of carboxylic acids is 1. The molecule has 186 valence electrons. The van der Waals surface area contributed by atoms with Crippen LogP contribution in [0.5, 0.6) is 5.88 Å². The molecule has 0 bridgehead atoms. The molecule has 0 aliphatic carbocycles. The number of aromatic nitrogens is 1. The molecule has 34 heavy (non-hydrogen) atoms.